The maximum Gasteiger partial charge on any atom is 0.193 e. The highest BCUT2D eigenvalue weighted by Crippen LogP contribution is 2.15. The quantitative estimate of drug-likeness (QED) is 0.445. The number of likely N-dealkylation sites (tertiary alicyclic amines) is 1. The van der Waals surface area contributed by atoms with Gasteiger partial charge >= 0.3 is 0 Å². The van der Waals surface area contributed by atoms with E-state index >= 15 is 0 Å². The van der Waals surface area contributed by atoms with E-state index in [1.54, 1.807) is 0 Å². The van der Waals surface area contributed by atoms with Crippen LogP contribution in [0.25, 0.3) is 0 Å². The van der Waals surface area contributed by atoms with Crippen molar-refractivity contribution in [2.75, 3.05) is 46.0 Å². The van der Waals surface area contributed by atoms with Crippen LogP contribution in [0.15, 0.2) is 4.99 Å². The summed E-state index contributed by atoms with van der Waals surface area (Å²) >= 11 is 0. The van der Waals surface area contributed by atoms with Crippen LogP contribution in [-0.2, 0) is 9.47 Å². The number of hydrogen-bond acceptors (Lipinski definition) is 3. The monoisotopic (exact) mass is 311 g/mol. The molecule has 0 bridgehead atoms. The maximum atomic E-state index is 5.69. The smallest absolute Gasteiger partial charge is 0.193 e. The Morgan fingerprint density at radius 1 is 1.36 bits per heavy atom. The highest BCUT2D eigenvalue weighted by Gasteiger charge is 2.19. The third-order valence-corrected chi connectivity index (χ3v) is 4.33. The Hall–Kier alpha value is -0.810. The van der Waals surface area contributed by atoms with Crippen LogP contribution in [0.2, 0.25) is 0 Å². The Labute approximate surface area is 135 Å². The molecule has 5 heteroatoms. The van der Waals surface area contributed by atoms with Crippen LogP contribution >= 0.6 is 0 Å². The summed E-state index contributed by atoms with van der Waals surface area (Å²) in [5.74, 6) is 1.85. The molecule has 2 saturated heterocycles. The van der Waals surface area contributed by atoms with Crippen molar-refractivity contribution in [3.63, 3.8) is 0 Å². The van der Waals surface area contributed by atoms with Crippen molar-refractivity contribution in [1.29, 1.82) is 0 Å². The van der Waals surface area contributed by atoms with Gasteiger partial charge in [-0.3, -0.25) is 4.99 Å². The van der Waals surface area contributed by atoms with Gasteiger partial charge in [-0.05, 0) is 44.9 Å². The second-order valence-electron chi connectivity index (χ2n) is 6.49. The molecule has 2 aliphatic heterocycles. The zero-order valence-electron chi connectivity index (χ0n) is 14.4. The molecule has 2 fully saturated rings. The molecule has 128 valence electrons. The summed E-state index contributed by atoms with van der Waals surface area (Å²) in [6.07, 6.45) is 6.25. The van der Waals surface area contributed by atoms with Crippen LogP contribution in [0.3, 0.4) is 0 Å². The predicted octanol–water partition coefficient (Wildman–Crippen LogP) is 2.27. The first-order valence-corrected chi connectivity index (χ1v) is 9.02. The van der Waals surface area contributed by atoms with Gasteiger partial charge in [0.25, 0.3) is 0 Å². The standard InChI is InChI=1S/C17H33N3O2/c1-3-18-17(20-10-4-7-15(2)13-20)19-9-6-11-21-14-16-8-5-12-22-16/h15-16H,3-14H2,1-2H3,(H,18,19). The van der Waals surface area contributed by atoms with Crippen molar-refractivity contribution in [2.45, 2.75) is 52.1 Å². The van der Waals surface area contributed by atoms with Gasteiger partial charge in [0, 0.05) is 39.4 Å². The lowest BCUT2D eigenvalue weighted by molar-refractivity contribution is 0.0170. The zero-order chi connectivity index (χ0) is 15.6. The molecule has 2 atom stereocenters. The van der Waals surface area contributed by atoms with Crippen LogP contribution in [0.5, 0.6) is 0 Å². The number of nitrogens with zero attached hydrogens (tertiary/aromatic N) is 2. The van der Waals surface area contributed by atoms with E-state index in [0.29, 0.717) is 6.10 Å². The minimum Gasteiger partial charge on any atom is -0.379 e. The first kappa shape index (κ1) is 17.5. The Balaban J connectivity index is 1.63. The number of ether oxygens (including phenoxy) is 2. The largest absolute Gasteiger partial charge is 0.379 e. The molecule has 0 radical (unpaired) electrons. The normalized spacial score (nSPS) is 26.5. The van der Waals surface area contributed by atoms with Gasteiger partial charge in [-0.25, -0.2) is 0 Å². The summed E-state index contributed by atoms with van der Waals surface area (Å²) < 4.78 is 11.2. The lowest BCUT2D eigenvalue weighted by Gasteiger charge is -2.33. The predicted molar refractivity (Wildman–Crippen MR) is 90.4 cm³/mol. The molecule has 0 amide bonds. The van der Waals surface area contributed by atoms with Gasteiger partial charge in [-0.15, -0.1) is 0 Å². The van der Waals surface area contributed by atoms with E-state index in [1.807, 2.05) is 0 Å². The summed E-state index contributed by atoms with van der Waals surface area (Å²) in [4.78, 5) is 7.17. The second kappa shape index (κ2) is 10.1. The third-order valence-electron chi connectivity index (χ3n) is 4.33. The highest BCUT2D eigenvalue weighted by atomic mass is 16.5. The fraction of sp³-hybridized carbons (Fsp3) is 0.941. The van der Waals surface area contributed by atoms with Crippen LogP contribution in [0.4, 0.5) is 0 Å². The summed E-state index contributed by atoms with van der Waals surface area (Å²) in [6, 6.07) is 0. The van der Waals surface area contributed by atoms with E-state index in [0.717, 1.165) is 70.7 Å². The van der Waals surface area contributed by atoms with Gasteiger partial charge in [-0.2, -0.15) is 0 Å². The van der Waals surface area contributed by atoms with E-state index in [2.05, 4.69) is 24.1 Å². The average molecular weight is 311 g/mol. The molecule has 2 heterocycles. The Morgan fingerprint density at radius 3 is 3.00 bits per heavy atom. The first-order valence-electron chi connectivity index (χ1n) is 9.02. The van der Waals surface area contributed by atoms with Crippen molar-refractivity contribution in [3.8, 4) is 0 Å². The van der Waals surface area contributed by atoms with E-state index in [1.165, 1.54) is 19.3 Å². The number of rotatable bonds is 7. The molecule has 2 unspecified atom stereocenters. The summed E-state index contributed by atoms with van der Waals surface area (Å²) in [5.41, 5.74) is 0. The van der Waals surface area contributed by atoms with Crippen LogP contribution in [-0.4, -0.2) is 63.0 Å². The molecule has 2 aliphatic rings. The van der Waals surface area contributed by atoms with Gasteiger partial charge in [0.2, 0.25) is 0 Å². The number of aliphatic imine (C=N–C) groups is 1. The molecule has 0 aromatic rings. The molecule has 0 aromatic heterocycles. The molecule has 0 saturated carbocycles. The van der Waals surface area contributed by atoms with Crippen LogP contribution < -0.4 is 5.32 Å². The summed E-state index contributed by atoms with van der Waals surface area (Å²) in [7, 11) is 0. The topological polar surface area (TPSA) is 46.1 Å². The number of guanidine groups is 1. The van der Waals surface area contributed by atoms with Gasteiger partial charge in [-0.1, -0.05) is 6.92 Å². The van der Waals surface area contributed by atoms with Crippen molar-refractivity contribution in [2.24, 2.45) is 10.9 Å². The minimum atomic E-state index is 0.329. The molecular formula is C17H33N3O2. The van der Waals surface area contributed by atoms with Crippen LogP contribution in [0.1, 0.15) is 46.0 Å². The number of hydrogen-bond donors (Lipinski definition) is 1. The highest BCUT2D eigenvalue weighted by molar-refractivity contribution is 5.80. The third kappa shape index (κ3) is 6.13. The van der Waals surface area contributed by atoms with Crippen molar-refractivity contribution in [1.82, 2.24) is 10.2 Å². The van der Waals surface area contributed by atoms with Gasteiger partial charge < -0.3 is 19.7 Å². The summed E-state index contributed by atoms with van der Waals surface area (Å²) in [5, 5.41) is 3.42. The van der Waals surface area contributed by atoms with Gasteiger partial charge in [0.15, 0.2) is 5.96 Å². The molecule has 5 nitrogen and oxygen atoms in total. The maximum absolute atomic E-state index is 5.69. The fourth-order valence-corrected chi connectivity index (χ4v) is 3.15. The second-order valence-corrected chi connectivity index (χ2v) is 6.49. The lowest BCUT2D eigenvalue weighted by atomic mass is 10.0. The molecule has 22 heavy (non-hydrogen) atoms. The van der Waals surface area contributed by atoms with E-state index in [4.69, 9.17) is 14.5 Å². The number of piperidine rings is 1. The first-order chi connectivity index (χ1) is 10.8. The van der Waals surface area contributed by atoms with Crippen LogP contribution in [0, 0.1) is 5.92 Å². The molecule has 1 N–H and O–H groups in total. The molecule has 0 aliphatic carbocycles. The lowest BCUT2D eigenvalue weighted by Crippen LogP contribution is -2.46. The van der Waals surface area contributed by atoms with E-state index < -0.39 is 0 Å². The van der Waals surface area contributed by atoms with Crippen molar-refractivity contribution < 1.29 is 9.47 Å². The molecule has 2 rings (SSSR count). The SMILES string of the molecule is CCNC(=NCCCOCC1CCCO1)N1CCCC(C)C1. The summed E-state index contributed by atoms with van der Waals surface area (Å²) in [6.45, 7) is 10.9. The molecule has 0 spiro atoms. The Kier molecular flexibility index (Phi) is 8.02. The number of nitrogens with one attached hydrogen (secondary N) is 1. The Morgan fingerprint density at radius 2 is 2.27 bits per heavy atom. The van der Waals surface area contributed by atoms with Crippen molar-refractivity contribution in [3.05, 3.63) is 0 Å². The van der Waals surface area contributed by atoms with E-state index in [9.17, 15) is 0 Å². The van der Waals surface area contributed by atoms with E-state index in [-0.39, 0.29) is 0 Å². The zero-order valence-corrected chi connectivity index (χ0v) is 14.4. The molecular weight excluding hydrogens is 278 g/mol. The molecule has 0 aromatic carbocycles. The van der Waals surface area contributed by atoms with Gasteiger partial charge in [0.1, 0.15) is 0 Å². The van der Waals surface area contributed by atoms with Crippen molar-refractivity contribution >= 4 is 5.96 Å². The Bertz CT molecular complexity index is 330. The minimum absolute atomic E-state index is 0.329. The van der Waals surface area contributed by atoms with Gasteiger partial charge in [0.05, 0.1) is 12.7 Å². The average Bonchev–Trinajstić information content (AvgIpc) is 3.03. The fourth-order valence-electron chi connectivity index (χ4n) is 3.15.